The highest BCUT2D eigenvalue weighted by molar-refractivity contribution is 8.00. The van der Waals surface area contributed by atoms with E-state index in [-0.39, 0.29) is 0 Å². The van der Waals surface area contributed by atoms with Gasteiger partial charge in [-0.05, 0) is 43.9 Å². The minimum absolute atomic E-state index is 0.428. The van der Waals surface area contributed by atoms with Crippen LogP contribution < -0.4 is 5.32 Å². The quantitative estimate of drug-likeness (QED) is 0.871. The number of thioether (sulfide) groups is 1. The van der Waals surface area contributed by atoms with Crippen LogP contribution in [0.5, 0.6) is 0 Å². The molecule has 2 atom stereocenters. The summed E-state index contributed by atoms with van der Waals surface area (Å²) < 4.78 is 0. The molecule has 1 aliphatic carbocycles. The van der Waals surface area contributed by atoms with Crippen molar-refractivity contribution in [1.29, 1.82) is 0 Å². The van der Waals surface area contributed by atoms with Gasteiger partial charge in [0.2, 0.25) is 0 Å². The molecule has 2 unspecified atom stereocenters. The van der Waals surface area contributed by atoms with E-state index >= 15 is 0 Å². The number of nitrogens with one attached hydrogen (secondary N) is 1. The van der Waals surface area contributed by atoms with Crippen molar-refractivity contribution in [3.05, 3.63) is 29.8 Å². The summed E-state index contributed by atoms with van der Waals surface area (Å²) in [5.74, 6) is 0. The first-order valence-electron chi connectivity index (χ1n) is 6.99. The molecule has 0 heterocycles. The van der Waals surface area contributed by atoms with Crippen LogP contribution in [0.1, 0.15) is 39.2 Å². The topological polar surface area (TPSA) is 12.0 Å². The van der Waals surface area contributed by atoms with Gasteiger partial charge in [0.05, 0.1) is 0 Å². The predicted octanol–water partition coefficient (Wildman–Crippen LogP) is 4.25. The van der Waals surface area contributed by atoms with Gasteiger partial charge in [0, 0.05) is 16.2 Å². The Kier molecular flexibility index (Phi) is 4.39. The largest absolute Gasteiger partial charge is 0.313 e. The van der Waals surface area contributed by atoms with Crippen LogP contribution in [0.3, 0.4) is 0 Å². The summed E-state index contributed by atoms with van der Waals surface area (Å²) in [5, 5.41) is 4.41. The number of rotatable bonds is 4. The fourth-order valence-corrected chi connectivity index (χ4v) is 4.55. The first-order chi connectivity index (χ1) is 8.53. The van der Waals surface area contributed by atoms with E-state index in [2.05, 4.69) is 69.0 Å². The monoisotopic (exact) mass is 263 g/mol. The van der Waals surface area contributed by atoms with Gasteiger partial charge in [-0.2, -0.15) is 0 Å². The van der Waals surface area contributed by atoms with Gasteiger partial charge in [-0.3, -0.25) is 0 Å². The number of hydrogen-bond acceptors (Lipinski definition) is 2. The molecular formula is C16H25NS. The van der Waals surface area contributed by atoms with Crippen LogP contribution in [0.2, 0.25) is 0 Å². The molecule has 0 bridgehead atoms. The number of hydrogen-bond donors (Lipinski definition) is 1. The van der Waals surface area contributed by atoms with Crippen molar-refractivity contribution in [3.63, 3.8) is 0 Å². The van der Waals surface area contributed by atoms with Crippen LogP contribution >= 0.6 is 11.8 Å². The van der Waals surface area contributed by atoms with Crippen LogP contribution in [-0.2, 0) is 0 Å². The maximum absolute atomic E-state index is 3.70. The Balaban J connectivity index is 2.09. The number of aryl methyl sites for hydroxylation is 1. The van der Waals surface area contributed by atoms with E-state index in [1.807, 2.05) is 0 Å². The Morgan fingerprint density at radius 1 is 1.39 bits per heavy atom. The standard InChI is InChI=1S/C16H25NS/c1-5-17-15-14(9-10-16(15,3)4)18-13-8-6-7-12(2)11-13/h6-8,11,14-15,17H,5,9-10H2,1-4H3. The Labute approximate surface area is 116 Å². The molecule has 0 radical (unpaired) electrons. The van der Waals surface area contributed by atoms with Gasteiger partial charge in [0.15, 0.2) is 0 Å². The van der Waals surface area contributed by atoms with Gasteiger partial charge in [0.25, 0.3) is 0 Å². The molecule has 100 valence electrons. The maximum atomic E-state index is 3.70. The van der Waals surface area contributed by atoms with Crippen molar-refractivity contribution in [3.8, 4) is 0 Å². The van der Waals surface area contributed by atoms with Crippen LogP contribution in [-0.4, -0.2) is 17.8 Å². The average molecular weight is 263 g/mol. The van der Waals surface area contributed by atoms with Gasteiger partial charge in [-0.15, -0.1) is 11.8 Å². The average Bonchev–Trinajstić information content (AvgIpc) is 2.57. The molecule has 1 aliphatic rings. The highest BCUT2D eigenvalue weighted by atomic mass is 32.2. The van der Waals surface area contributed by atoms with Crippen molar-refractivity contribution in [2.24, 2.45) is 5.41 Å². The van der Waals surface area contributed by atoms with E-state index in [9.17, 15) is 0 Å². The SMILES string of the molecule is CCNC1C(Sc2cccc(C)c2)CCC1(C)C. The molecule has 0 spiro atoms. The third-order valence-corrected chi connectivity index (χ3v) is 5.32. The lowest BCUT2D eigenvalue weighted by molar-refractivity contribution is 0.290. The molecule has 0 amide bonds. The van der Waals surface area contributed by atoms with Crippen LogP contribution in [0.25, 0.3) is 0 Å². The van der Waals surface area contributed by atoms with Crippen molar-refractivity contribution in [2.45, 2.75) is 56.7 Å². The highest BCUT2D eigenvalue weighted by Gasteiger charge is 2.41. The third kappa shape index (κ3) is 3.10. The van der Waals surface area contributed by atoms with Crippen molar-refractivity contribution < 1.29 is 0 Å². The zero-order chi connectivity index (χ0) is 13.2. The molecule has 1 saturated carbocycles. The van der Waals surface area contributed by atoms with Gasteiger partial charge in [-0.25, -0.2) is 0 Å². The zero-order valence-electron chi connectivity index (χ0n) is 12.0. The highest BCUT2D eigenvalue weighted by Crippen LogP contribution is 2.45. The molecule has 0 aliphatic heterocycles. The summed E-state index contributed by atoms with van der Waals surface area (Å²) in [6.45, 7) is 10.3. The van der Waals surface area contributed by atoms with Crippen LogP contribution in [0, 0.1) is 12.3 Å². The first kappa shape index (κ1) is 14.0. The van der Waals surface area contributed by atoms with Gasteiger partial charge in [-0.1, -0.05) is 38.5 Å². The second kappa shape index (κ2) is 5.66. The van der Waals surface area contributed by atoms with E-state index in [4.69, 9.17) is 0 Å². The van der Waals surface area contributed by atoms with E-state index in [1.165, 1.54) is 23.3 Å². The Bertz CT molecular complexity index is 400. The summed E-state index contributed by atoms with van der Waals surface area (Å²) in [5.41, 5.74) is 1.79. The molecule has 2 heteroatoms. The number of benzene rings is 1. The van der Waals surface area contributed by atoms with Crippen molar-refractivity contribution >= 4 is 11.8 Å². The van der Waals surface area contributed by atoms with E-state index in [0.29, 0.717) is 16.7 Å². The van der Waals surface area contributed by atoms with E-state index in [0.717, 1.165) is 6.54 Å². The molecule has 2 rings (SSSR count). The lowest BCUT2D eigenvalue weighted by Gasteiger charge is -2.31. The lowest BCUT2D eigenvalue weighted by Crippen LogP contribution is -2.43. The molecule has 1 aromatic carbocycles. The van der Waals surface area contributed by atoms with E-state index in [1.54, 1.807) is 0 Å². The normalized spacial score (nSPS) is 26.4. The Hall–Kier alpha value is -0.470. The minimum atomic E-state index is 0.428. The predicted molar refractivity (Wildman–Crippen MR) is 81.3 cm³/mol. The van der Waals surface area contributed by atoms with Gasteiger partial charge >= 0.3 is 0 Å². The van der Waals surface area contributed by atoms with Crippen molar-refractivity contribution in [2.75, 3.05) is 6.54 Å². The summed E-state index contributed by atoms with van der Waals surface area (Å²) in [7, 11) is 0. The molecule has 1 aromatic rings. The molecule has 1 nitrogen and oxygen atoms in total. The fraction of sp³-hybridized carbons (Fsp3) is 0.625. The van der Waals surface area contributed by atoms with Crippen molar-refractivity contribution in [1.82, 2.24) is 5.32 Å². The Morgan fingerprint density at radius 2 is 2.17 bits per heavy atom. The zero-order valence-corrected chi connectivity index (χ0v) is 12.8. The summed E-state index contributed by atoms with van der Waals surface area (Å²) in [4.78, 5) is 1.42. The first-order valence-corrected chi connectivity index (χ1v) is 7.87. The molecule has 1 N–H and O–H groups in total. The molecule has 1 fully saturated rings. The minimum Gasteiger partial charge on any atom is -0.313 e. The second-order valence-electron chi connectivity index (χ2n) is 6.04. The van der Waals surface area contributed by atoms with Crippen LogP contribution in [0.4, 0.5) is 0 Å². The van der Waals surface area contributed by atoms with E-state index < -0.39 is 0 Å². The summed E-state index contributed by atoms with van der Waals surface area (Å²) >= 11 is 2.05. The van der Waals surface area contributed by atoms with Gasteiger partial charge in [0.1, 0.15) is 0 Å². The summed E-state index contributed by atoms with van der Waals surface area (Å²) in [6.07, 6.45) is 2.65. The smallest absolute Gasteiger partial charge is 0.0253 e. The maximum Gasteiger partial charge on any atom is 0.0253 e. The molecule has 0 aromatic heterocycles. The molecule has 0 saturated heterocycles. The fourth-order valence-electron chi connectivity index (χ4n) is 2.96. The second-order valence-corrected chi connectivity index (χ2v) is 7.35. The van der Waals surface area contributed by atoms with Crippen LogP contribution in [0.15, 0.2) is 29.2 Å². The molecular weight excluding hydrogens is 238 g/mol. The molecule has 18 heavy (non-hydrogen) atoms. The van der Waals surface area contributed by atoms with Gasteiger partial charge < -0.3 is 5.32 Å². The summed E-state index contributed by atoms with van der Waals surface area (Å²) in [6, 6.07) is 9.52. The Morgan fingerprint density at radius 3 is 2.83 bits per heavy atom. The third-order valence-electron chi connectivity index (χ3n) is 3.99. The lowest BCUT2D eigenvalue weighted by atomic mass is 9.87.